The second-order valence-corrected chi connectivity index (χ2v) is 8.96. The van der Waals surface area contributed by atoms with Gasteiger partial charge in [-0.1, -0.05) is 30.3 Å². The van der Waals surface area contributed by atoms with Crippen LogP contribution in [0.25, 0.3) is 0 Å². The van der Waals surface area contributed by atoms with Crippen molar-refractivity contribution >= 4 is 11.8 Å². The molecule has 1 N–H and O–H groups in total. The zero-order valence-corrected chi connectivity index (χ0v) is 17.0. The molecule has 3 aliphatic rings. The van der Waals surface area contributed by atoms with Crippen LogP contribution in [0.1, 0.15) is 41.0 Å². The van der Waals surface area contributed by atoms with Crippen molar-refractivity contribution in [2.75, 3.05) is 19.6 Å². The third-order valence-corrected chi connectivity index (χ3v) is 6.58. The fourth-order valence-electron chi connectivity index (χ4n) is 4.76. The van der Waals surface area contributed by atoms with E-state index in [1.807, 2.05) is 39.8 Å². The molecule has 1 aromatic carbocycles. The van der Waals surface area contributed by atoms with Gasteiger partial charge < -0.3 is 14.8 Å². The molecule has 2 fully saturated rings. The number of rotatable bonds is 5. The molecule has 156 valence electrons. The van der Waals surface area contributed by atoms with Crippen LogP contribution in [0.5, 0.6) is 0 Å². The number of carbonyl (C=O) groups excluding carboxylic acids is 2. The standard InChI is InChI=1S/C23H26N4O3/c28-20(24-10-8-16-4-2-1-3-5-16)18-13-27-15-23(12-19(27)25-21(18)29)9-11-26(14-23)22(30)17-6-7-17/h1-5,13,17H,6-12,14-15H2,(H,24,28). The molecule has 3 heterocycles. The van der Waals surface area contributed by atoms with E-state index < -0.39 is 5.56 Å². The molecule has 1 aromatic heterocycles. The number of likely N-dealkylation sites (tertiary alicyclic amines) is 1. The molecule has 1 saturated carbocycles. The Kier molecular flexibility index (Phi) is 4.68. The van der Waals surface area contributed by atoms with Crippen molar-refractivity contribution in [3.8, 4) is 0 Å². The number of nitrogens with zero attached hydrogens (tertiary/aromatic N) is 3. The van der Waals surface area contributed by atoms with Crippen LogP contribution < -0.4 is 10.9 Å². The van der Waals surface area contributed by atoms with Gasteiger partial charge >= 0.3 is 0 Å². The number of amides is 2. The number of fused-ring (bicyclic) bond motifs is 1. The minimum atomic E-state index is -0.473. The molecular formula is C23H26N4O3. The topological polar surface area (TPSA) is 84.3 Å². The van der Waals surface area contributed by atoms with Gasteiger partial charge in [0.05, 0.1) is 0 Å². The van der Waals surface area contributed by atoms with Crippen LogP contribution in [-0.4, -0.2) is 45.9 Å². The van der Waals surface area contributed by atoms with E-state index >= 15 is 0 Å². The van der Waals surface area contributed by atoms with Crippen molar-refractivity contribution in [2.45, 2.75) is 38.6 Å². The van der Waals surface area contributed by atoms with E-state index in [9.17, 15) is 14.4 Å². The molecule has 5 rings (SSSR count). The summed E-state index contributed by atoms with van der Waals surface area (Å²) < 4.78 is 1.94. The number of hydrogen-bond acceptors (Lipinski definition) is 4. The lowest BCUT2D eigenvalue weighted by molar-refractivity contribution is -0.131. The molecule has 7 heteroatoms. The zero-order valence-electron chi connectivity index (χ0n) is 17.0. The van der Waals surface area contributed by atoms with Crippen LogP contribution in [0, 0.1) is 11.3 Å². The van der Waals surface area contributed by atoms with Crippen LogP contribution >= 0.6 is 0 Å². The Hall–Kier alpha value is -2.96. The SMILES string of the molecule is O=C(NCCc1ccccc1)c1cn2c(nc1=O)CC1(CCN(C(=O)C3CC3)C1)C2. The molecule has 30 heavy (non-hydrogen) atoms. The summed E-state index contributed by atoms with van der Waals surface area (Å²) in [6.07, 6.45) is 6.00. The number of aromatic nitrogens is 2. The highest BCUT2D eigenvalue weighted by molar-refractivity contribution is 5.93. The van der Waals surface area contributed by atoms with E-state index in [1.165, 1.54) is 0 Å². The summed E-state index contributed by atoms with van der Waals surface area (Å²) in [5.41, 5.74) is 0.696. The lowest BCUT2D eigenvalue weighted by atomic mass is 9.86. The largest absolute Gasteiger partial charge is 0.351 e. The van der Waals surface area contributed by atoms with Gasteiger partial charge in [0.1, 0.15) is 11.4 Å². The van der Waals surface area contributed by atoms with Gasteiger partial charge in [0.15, 0.2) is 0 Å². The molecular weight excluding hydrogens is 380 g/mol. The van der Waals surface area contributed by atoms with Crippen molar-refractivity contribution in [2.24, 2.45) is 11.3 Å². The second-order valence-electron chi connectivity index (χ2n) is 8.96. The minimum absolute atomic E-state index is 0.0562. The van der Waals surface area contributed by atoms with Gasteiger partial charge in [-0.25, -0.2) is 0 Å². The smallest absolute Gasteiger partial charge is 0.285 e. The average Bonchev–Trinajstić information content (AvgIpc) is 3.43. The first-order chi connectivity index (χ1) is 14.5. The lowest BCUT2D eigenvalue weighted by Crippen LogP contribution is -2.33. The molecule has 2 amide bonds. The second kappa shape index (κ2) is 7.38. The predicted molar refractivity (Wildman–Crippen MR) is 111 cm³/mol. The fraction of sp³-hybridized carbons (Fsp3) is 0.478. The van der Waals surface area contributed by atoms with Crippen molar-refractivity contribution in [3.63, 3.8) is 0 Å². The van der Waals surface area contributed by atoms with Crippen LogP contribution in [0.15, 0.2) is 41.3 Å². The van der Waals surface area contributed by atoms with Gasteiger partial charge in [0.25, 0.3) is 11.5 Å². The first-order valence-corrected chi connectivity index (χ1v) is 10.7. The van der Waals surface area contributed by atoms with E-state index in [-0.39, 0.29) is 28.7 Å². The molecule has 0 bridgehead atoms. The molecule has 2 aliphatic heterocycles. The molecule has 1 saturated heterocycles. The Balaban J connectivity index is 1.25. The Morgan fingerprint density at radius 1 is 1.17 bits per heavy atom. The van der Waals surface area contributed by atoms with E-state index in [0.29, 0.717) is 25.9 Å². The summed E-state index contributed by atoms with van der Waals surface area (Å²) in [6, 6.07) is 9.91. The minimum Gasteiger partial charge on any atom is -0.351 e. The molecule has 7 nitrogen and oxygen atoms in total. The number of hydrogen-bond donors (Lipinski definition) is 1. The van der Waals surface area contributed by atoms with Gasteiger partial charge in [-0.2, -0.15) is 4.98 Å². The maximum atomic E-state index is 12.6. The number of benzene rings is 1. The van der Waals surface area contributed by atoms with Gasteiger partial charge in [0, 0.05) is 50.1 Å². The molecule has 1 atom stereocenters. The lowest BCUT2D eigenvalue weighted by Gasteiger charge is -2.22. The summed E-state index contributed by atoms with van der Waals surface area (Å²) in [6.45, 7) is 2.67. The first kappa shape index (κ1) is 19.0. The van der Waals surface area contributed by atoms with Crippen LogP contribution in [0.3, 0.4) is 0 Å². The Morgan fingerprint density at radius 2 is 1.97 bits per heavy atom. The molecule has 2 aromatic rings. The quantitative estimate of drug-likeness (QED) is 0.814. The Labute approximate surface area is 175 Å². The van der Waals surface area contributed by atoms with E-state index in [4.69, 9.17) is 0 Å². The highest BCUT2D eigenvalue weighted by atomic mass is 16.2. The average molecular weight is 406 g/mol. The van der Waals surface area contributed by atoms with Crippen LogP contribution in [0.4, 0.5) is 0 Å². The van der Waals surface area contributed by atoms with Gasteiger partial charge in [-0.15, -0.1) is 0 Å². The predicted octanol–water partition coefficient (Wildman–Crippen LogP) is 1.40. The van der Waals surface area contributed by atoms with Gasteiger partial charge in [0.2, 0.25) is 5.91 Å². The Morgan fingerprint density at radius 3 is 2.73 bits per heavy atom. The maximum Gasteiger partial charge on any atom is 0.285 e. The molecule has 0 radical (unpaired) electrons. The summed E-state index contributed by atoms with van der Waals surface area (Å²) >= 11 is 0. The van der Waals surface area contributed by atoms with Crippen molar-refractivity contribution in [3.05, 3.63) is 63.8 Å². The zero-order chi connectivity index (χ0) is 20.7. The summed E-state index contributed by atoms with van der Waals surface area (Å²) in [5.74, 6) is 0.858. The first-order valence-electron chi connectivity index (χ1n) is 10.7. The number of nitrogens with one attached hydrogen (secondary N) is 1. The van der Waals surface area contributed by atoms with Gasteiger partial charge in [-0.05, 0) is 31.2 Å². The monoisotopic (exact) mass is 406 g/mol. The summed E-state index contributed by atoms with van der Waals surface area (Å²) in [4.78, 5) is 43.7. The van der Waals surface area contributed by atoms with Crippen molar-refractivity contribution < 1.29 is 9.59 Å². The highest BCUT2D eigenvalue weighted by Gasteiger charge is 2.47. The number of carbonyl (C=O) groups is 2. The maximum absolute atomic E-state index is 12.6. The van der Waals surface area contributed by atoms with Crippen molar-refractivity contribution in [1.82, 2.24) is 19.8 Å². The van der Waals surface area contributed by atoms with Crippen LogP contribution in [0.2, 0.25) is 0 Å². The summed E-state index contributed by atoms with van der Waals surface area (Å²) in [7, 11) is 0. The summed E-state index contributed by atoms with van der Waals surface area (Å²) in [5, 5.41) is 2.84. The fourth-order valence-corrected chi connectivity index (χ4v) is 4.76. The third-order valence-electron chi connectivity index (χ3n) is 6.58. The van der Waals surface area contributed by atoms with Crippen molar-refractivity contribution in [1.29, 1.82) is 0 Å². The van der Waals surface area contributed by atoms with Crippen LogP contribution in [-0.2, 0) is 24.2 Å². The highest BCUT2D eigenvalue weighted by Crippen LogP contribution is 2.42. The Bertz CT molecular complexity index is 1040. The molecule has 1 spiro atoms. The normalized spacial score (nSPS) is 22.3. The molecule has 1 aliphatic carbocycles. The van der Waals surface area contributed by atoms with E-state index in [2.05, 4.69) is 10.3 Å². The van der Waals surface area contributed by atoms with E-state index in [1.54, 1.807) is 6.20 Å². The van der Waals surface area contributed by atoms with Gasteiger partial charge in [-0.3, -0.25) is 14.4 Å². The van der Waals surface area contributed by atoms with E-state index in [0.717, 1.165) is 43.7 Å². The molecule has 1 unspecified atom stereocenters. The third kappa shape index (κ3) is 3.64.